The lowest BCUT2D eigenvalue weighted by Gasteiger charge is -2.31. The lowest BCUT2D eigenvalue weighted by Crippen LogP contribution is -2.37. The molecule has 9 heteroatoms. The Balaban J connectivity index is 4.68. The van der Waals surface area contributed by atoms with Crippen molar-refractivity contribution in [2.45, 2.75) is 239 Å². The molecule has 0 rings (SSSR count). The Kier molecular flexibility index (Phi) is 37.4. The number of rotatable bonds is 41. The van der Waals surface area contributed by atoms with E-state index < -0.39 is 26.2 Å². The van der Waals surface area contributed by atoms with Crippen LogP contribution >= 0.6 is 7.82 Å². The molecule has 306 valence electrons. The normalized spacial score (nSPS) is 14.7. The van der Waals surface area contributed by atoms with Crippen LogP contribution in [0.25, 0.3) is 0 Å². The van der Waals surface area contributed by atoms with E-state index in [1.807, 2.05) is 0 Å². The molecule has 0 heterocycles. The molecule has 0 aromatic carbocycles. The van der Waals surface area contributed by atoms with Gasteiger partial charge in [-0.05, 0) is 26.2 Å². The van der Waals surface area contributed by atoms with E-state index in [0.717, 1.165) is 64.2 Å². The molecule has 0 saturated heterocycles. The second kappa shape index (κ2) is 37.8. The lowest BCUT2D eigenvalue weighted by molar-refractivity contribution is -0.254. The molecule has 0 radical (unpaired) electrons. The van der Waals surface area contributed by atoms with Gasteiger partial charge in [-0.15, -0.1) is 0 Å². The highest BCUT2D eigenvalue weighted by molar-refractivity contribution is 7.45. The largest absolute Gasteiger partial charge is 0.756 e. The summed E-state index contributed by atoms with van der Waals surface area (Å²) in [6.45, 7) is 8.64. The Morgan fingerprint density at radius 3 is 1.33 bits per heavy atom. The Bertz CT molecular complexity index is 786. The van der Waals surface area contributed by atoms with Gasteiger partial charge in [0.1, 0.15) is 6.10 Å². The number of carbonyl (C=O) groups is 1. The van der Waals surface area contributed by atoms with Crippen LogP contribution in [0.15, 0.2) is 0 Å². The van der Waals surface area contributed by atoms with Gasteiger partial charge < -0.3 is 24.6 Å². The highest BCUT2D eigenvalue weighted by Gasteiger charge is 2.31. The zero-order chi connectivity index (χ0) is 37.7. The number of phosphoric acid groups is 1. The summed E-state index contributed by atoms with van der Waals surface area (Å²) in [5.74, 6) is -0.704. The molecule has 0 saturated carbocycles. The fourth-order valence-corrected chi connectivity index (χ4v) is 7.49. The molecule has 0 bridgehead atoms. The molecular formula is C42H85NO7P-. The van der Waals surface area contributed by atoms with Gasteiger partial charge in [-0.2, -0.15) is 0 Å². The van der Waals surface area contributed by atoms with Gasteiger partial charge in [-0.3, -0.25) is 13.9 Å². The van der Waals surface area contributed by atoms with E-state index in [1.54, 1.807) is 6.92 Å². The molecule has 0 aliphatic heterocycles. The van der Waals surface area contributed by atoms with Crippen molar-refractivity contribution in [3.63, 3.8) is 0 Å². The molecular weight excluding hydrogens is 661 g/mol. The van der Waals surface area contributed by atoms with Gasteiger partial charge in [0.15, 0.2) is 0 Å². The number of esters is 1. The van der Waals surface area contributed by atoms with Crippen LogP contribution in [0.1, 0.15) is 227 Å². The Morgan fingerprint density at radius 2 is 0.922 bits per heavy atom. The second-order valence-corrected chi connectivity index (χ2v) is 16.4. The Labute approximate surface area is 316 Å². The summed E-state index contributed by atoms with van der Waals surface area (Å²) in [5.41, 5.74) is 5.44. The predicted molar refractivity (Wildman–Crippen MR) is 213 cm³/mol. The van der Waals surface area contributed by atoms with Gasteiger partial charge in [0.25, 0.3) is 7.82 Å². The first-order valence-corrected chi connectivity index (χ1v) is 23.4. The molecule has 2 N–H and O–H groups in total. The summed E-state index contributed by atoms with van der Waals surface area (Å²) < 4.78 is 34.5. The van der Waals surface area contributed by atoms with Gasteiger partial charge in [0.05, 0.1) is 12.5 Å². The average molecular weight is 747 g/mol. The molecule has 0 amide bonds. The highest BCUT2D eigenvalue weighted by Crippen LogP contribution is 2.41. The molecule has 0 fully saturated rings. The fourth-order valence-electron chi connectivity index (χ4n) is 6.63. The van der Waals surface area contributed by atoms with Crippen molar-refractivity contribution < 1.29 is 32.8 Å². The topological polar surface area (TPSA) is 120 Å². The van der Waals surface area contributed by atoms with E-state index in [0.29, 0.717) is 6.61 Å². The fraction of sp³-hybridized carbons (Fsp3) is 0.976. The summed E-state index contributed by atoms with van der Waals surface area (Å²) in [5, 5.41) is 0. The van der Waals surface area contributed by atoms with Crippen LogP contribution in [0.4, 0.5) is 0 Å². The van der Waals surface area contributed by atoms with Crippen LogP contribution in [0.3, 0.4) is 0 Å². The van der Waals surface area contributed by atoms with Gasteiger partial charge >= 0.3 is 5.97 Å². The van der Waals surface area contributed by atoms with Gasteiger partial charge in [0.2, 0.25) is 6.29 Å². The third kappa shape index (κ3) is 33.8. The SMILES string of the molecule is CCCCCCCCCCCCCCCCO[C@@H](C)C(OC(=O)C(CCCCC)CCCCCCCCCCCCCC)OP(=O)([O-])OCCN. The van der Waals surface area contributed by atoms with E-state index in [9.17, 15) is 14.3 Å². The van der Waals surface area contributed by atoms with E-state index in [1.165, 1.54) is 135 Å². The molecule has 51 heavy (non-hydrogen) atoms. The standard InChI is InChI=1S/C42H86NO7P/c1-5-8-11-13-15-17-19-21-22-24-26-28-30-33-37-47-39(4)42(50-51(45,46)48-38-36-43)49-41(44)40(34-31-10-7-3)35-32-29-27-25-23-20-18-16-14-12-9-6-2/h39-40,42H,5-38,43H2,1-4H3,(H,45,46)/p-1/t39-,40?,42?/m0/s1. The quantitative estimate of drug-likeness (QED) is 0.0284. The van der Waals surface area contributed by atoms with Crippen molar-refractivity contribution in [3.8, 4) is 0 Å². The predicted octanol–water partition coefficient (Wildman–Crippen LogP) is 12.5. The van der Waals surface area contributed by atoms with Crippen LogP contribution < -0.4 is 10.6 Å². The van der Waals surface area contributed by atoms with Crippen molar-refractivity contribution >= 4 is 13.8 Å². The highest BCUT2D eigenvalue weighted by atomic mass is 31.2. The summed E-state index contributed by atoms with van der Waals surface area (Å²) in [4.78, 5) is 26.0. The monoisotopic (exact) mass is 747 g/mol. The Morgan fingerprint density at radius 1 is 0.569 bits per heavy atom. The van der Waals surface area contributed by atoms with Gasteiger partial charge in [-0.25, -0.2) is 0 Å². The van der Waals surface area contributed by atoms with E-state index in [-0.39, 0.29) is 19.1 Å². The number of ether oxygens (including phenoxy) is 2. The van der Waals surface area contributed by atoms with Crippen molar-refractivity contribution in [2.75, 3.05) is 19.8 Å². The molecule has 0 aliphatic rings. The Hall–Kier alpha value is -0.500. The van der Waals surface area contributed by atoms with E-state index >= 15 is 0 Å². The van der Waals surface area contributed by atoms with Gasteiger partial charge in [-0.1, -0.05) is 201 Å². The number of unbranched alkanes of at least 4 members (excludes halogenated alkanes) is 26. The van der Waals surface area contributed by atoms with E-state index in [2.05, 4.69) is 20.8 Å². The maximum absolute atomic E-state index is 13.5. The summed E-state index contributed by atoms with van der Waals surface area (Å²) >= 11 is 0. The first-order chi connectivity index (χ1) is 24.8. The minimum Gasteiger partial charge on any atom is -0.756 e. The zero-order valence-corrected chi connectivity index (χ0v) is 35.1. The van der Waals surface area contributed by atoms with Crippen LogP contribution in [0, 0.1) is 5.92 Å². The minimum atomic E-state index is -4.74. The number of phosphoric ester groups is 1. The molecule has 4 atom stereocenters. The maximum atomic E-state index is 13.5. The van der Waals surface area contributed by atoms with Crippen LogP contribution in [0.2, 0.25) is 0 Å². The first-order valence-electron chi connectivity index (χ1n) is 22.0. The zero-order valence-electron chi connectivity index (χ0n) is 34.2. The maximum Gasteiger partial charge on any atom is 0.311 e. The molecule has 0 aromatic heterocycles. The summed E-state index contributed by atoms with van der Waals surface area (Å²) in [7, 11) is -4.74. The number of hydrogen-bond acceptors (Lipinski definition) is 8. The van der Waals surface area contributed by atoms with Crippen molar-refractivity contribution in [1.82, 2.24) is 0 Å². The second-order valence-electron chi connectivity index (χ2n) is 15.0. The smallest absolute Gasteiger partial charge is 0.311 e. The van der Waals surface area contributed by atoms with Crippen molar-refractivity contribution in [2.24, 2.45) is 11.7 Å². The number of carbonyl (C=O) groups excluding carboxylic acids is 1. The molecule has 8 nitrogen and oxygen atoms in total. The van der Waals surface area contributed by atoms with Crippen molar-refractivity contribution in [3.05, 3.63) is 0 Å². The molecule has 0 spiro atoms. The van der Waals surface area contributed by atoms with Crippen LogP contribution in [0.5, 0.6) is 0 Å². The lowest BCUT2D eigenvalue weighted by atomic mass is 9.94. The number of nitrogens with two attached hydrogens (primary N) is 1. The molecule has 0 aromatic rings. The summed E-state index contributed by atoms with van der Waals surface area (Å²) in [6, 6.07) is 0. The average Bonchev–Trinajstić information content (AvgIpc) is 3.11. The van der Waals surface area contributed by atoms with E-state index in [4.69, 9.17) is 24.3 Å². The third-order valence-electron chi connectivity index (χ3n) is 9.99. The minimum absolute atomic E-state index is 0.0315. The number of hydrogen-bond donors (Lipinski definition) is 1. The van der Waals surface area contributed by atoms with Crippen LogP contribution in [-0.2, 0) is 27.9 Å². The molecule has 0 aliphatic carbocycles. The summed E-state index contributed by atoms with van der Waals surface area (Å²) in [6.07, 6.45) is 35.3. The van der Waals surface area contributed by atoms with Crippen LogP contribution in [-0.4, -0.2) is 38.1 Å². The molecule has 3 unspecified atom stereocenters. The van der Waals surface area contributed by atoms with Gasteiger partial charge in [0, 0.05) is 13.2 Å². The third-order valence-corrected chi connectivity index (χ3v) is 11.0. The first kappa shape index (κ1) is 50.5. The van der Waals surface area contributed by atoms with Crippen molar-refractivity contribution in [1.29, 1.82) is 0 Å².